The van der Waals surface area contributed by atoms with E-state index in [4.69, 9.17) is 4.74 Å². The molecule has 5 nitrogen and oxygen atoms in total. The fourth-order valence-electron chi connectivity index (χ4n) is 2.16. The highest BCUT2D eigenvalue weighted by Gasteiger charge is 2.14. The summed E-state index contributed by atoms with van der Waals surface area (Å²) in [4.78, 5) is 10.3. The second-order valence-electron chi connectivity index (χ2n) is 4.69. The maximum absolute atomic E-state index is 10.6. The van der Waals surface area contributed by atoms with Gasteiger partial charge < -0.3 is 10.1 Å². The number of hydrogen-bond donors (Lipinski definition) is 1. The third kappa shape index (κ3) is 3.20. The number of anilines is 1. The molecule has 0 radical (unpaired) electrons. The van der Waals surface area contributed by atoms with E-state index < -0.39 is 0 Å². The van der Waals surface area contributed by atoms with Crippen molar-refractivity contribution in [3.05, 3.63) is 33.9 Å². The van der Waals surface area contributed by atoms with Gasteiger partial charge in [-0.1, -0.05) is 0 Å². The molecule has 1 N–H and O–H groups in total. The molecule has 0 unspecified atom stereocenters. The molecule has 0 amide bonds. The van der Waals surface area contributed by atoms with Crippen molar-refractivity contribution < 1.29 is 9.66 Å². The number of ether oxygens (including phenoxy) is 1. The third-order valence-corrected chi connectivity index (χ3v) is 3.34. The van der Waals surface area contributed by atoms with Crippen molar-refractivity contribution in [3.8, 4) is 0 Å². The summed E-state index contributed by atoms with van der Waals surface area (Å²) in [7, 11) is 0. The Hall–Kier alpha value is -1.62. The van der Waals surface area contributed by atoms with Crippen LogP contribution in [0.15, 0.2) is 18.2 Å². The second-order valence-corrected chi connectivity index (χ2v) is 4.69. The van der Waals surface area contributed by atoms with Gasteiger partial charge in [0.25, 0.3) is 5.69 Å². The van der Waals surface area contributed by atoms with Gasteiger partial charge in [0, 0.05) is 37.6 Å². The summed E-state index contributed by atoms with van der Waals surface area (Å²) in [6.07, 6.45) is 2.16. The van der Waals surface area contributed by atoms with Crippen molar-refractivity contribution in [2.75, 3.05) is 25.1 Å². The number of nitro benzene ring substituents is 1. The van der Waals surface area contributed by atoms with Crippen LogP contribution < -0.4 is 5.32 Å². The first kappa shape index (κ1) is 12.8. The molecule has 0 spiro atoms. The summed E-state index contributed by atoms with van der Waals surface area (Å²) >= 11 is 0. The lowest BCUT2D eigenvalue weighted by Gasteiger charge is -2.23. The molecule has 0 aromatic heterocycles. The minimum Gasteiger partial charge on any atom is -0.385 e. The summed E-state index contributed by atoms with van der Waals surface area (Å²) in [5.41, 5.74) is 2.03. The molecule has 0 bridgehead atoms. The number of nitrogens with one attached hydrogen (secondary N) is 1. The predicted octanol–water partition coefficient (Wildman–Crippen LogP) is 2.74. The molecule has 1 aromatic rings. The number of nitro groups is 1. The molecular formula is C13H18N2O3. The van der Waals surface area contributed by atoms with Crippen LogP contribution in [0.1, 0.15) is 18.4 Å². The molecule has 98 valence electrons. The van der Waals surface area contributed by atoms with Crippen molar-refractivity contribution >= 4 is 11.4 Å². The minimum atomic E-state index is -0.366. The predicted molar refractivity (Wildman–Crippen MR) is 69.9 cm³/mol. The first-order chi connectivity index (χ1) is 8.66. The van der Waals surface area contributed by atoms with E-state index in [1.807, 2.05) is 6.92 Å². The zero-order valence-corrected chi connectivity index (χ0v) is 10.5. The number of nitrogens with zero attached hydrogens (tertiary/aromatic N) is 1. The third-order valence-electron chi connectivity index (χ3n) is 3.34. The van der Waals surface area contributed by atoms with Crippen LogP contribution in [0.3, 0.4) is 0 Å². The van der Waals surface area contributed by atoms with E-state index in [1.54, 1.807) is 18.2 Å². The Balaban J connectivity index is 1.94. The standard InChI is InChI=1S/C13H18N2O3/c1-10-8-12(15(16)17)2-3-13(10)14-9-11-4-6-18-7-5-11/h2-3,8,11,14H,4-7,9H2,1H3. The van der Waals surface area contributed by atoms with E-state index >= 15 is 0 Å². The van der Waals surface area contributed by atoms with Gasteiger partial charge in [-0.05, 0) is 37.3 Å². The van der Waals surface area contributed by atoms with E-state index in [9.17, 15) is 10.1 Å². The first-order valence-corrected chi connectivity index (χ1v) is 6.23. The molecule has 0 aliphatic carbocycles. The minimum absolute atomic E-state index is 0.143. The number of hydrogen-bond acceptors (Lipinski definition) is 4. The molecule has 18 heavy (non-hydrogen) atoms. The Labute approximate surface area is 106 Å². The van der Waals surface area contributed by atoms with Crippen LogP contribution in [0, 0.1) is 23.0 Å². The number of aryl methyl sites for hydroxylation is 1. The molecular weight excluding hydrogens is 232 g/mol. The Morgan fingerprint density at radius 3 is 2.78 bits per heavy atom. The lowest BCUT2D eigenvalue weighted by Crippen LogP contribution is -2.22. The van der Waals surface area contributed by atoms with Crippen molar-refractivity contribution in [3.63, 3.8) is 0 Å². The molecule has 2 rings (SSSR count). The van der Waals surface area contributed by atoms with Crippen molar-refractivity contribution in [1.29, 1.82) is 0 Å². The van der Waals surface area contributed by atoms with Crippen LogP contribution in [0.25, 0.3) is 0 Å². The van der Waals surface area contributed by atoms with Crippen LogP contribution >= 0.6 is 0 Å². The Morgan fingerprint density at radius 1 is 1.44 bits per heavy atom. The van der Waals surface area contributed by atoms with Crippen LogP contribution in [-0.2, 0) is 4.74 Å². The monoisotopic (exact) mass is 250 g/mol. The lowest BCUT2D eigenvalue weighted by molar-refractivity contribution is -0.384. The Morgan fingerprint density at radius 2 is 2.17 bits per heavy atom. The van der Waals surface area contributed by atoms with Gasteiger partial charge in [0.05, 0.1) is 4.92 Å². The zero-order chi connectivity index (χ0) is 13.0. The van der Waals surface area contributed by atoms with Crippen molar-refractivity contribution in [1.82, 2.24) is 0 Å². The second kappa shape index (κ2) is 5.82. The first-order valence-electron chi connectivity index (χ1n) is 6.23. The van der Waals surface area contributed by atoms with Crippen molar-refractivity contribution in [2.45, 2.75) is 19.8 Å². The van der Waals surface area contributed by atoms with Gasteiger partial charge >= 0.3 is 0 Å². The highest BCUT2D eigenvalue weighted by Crippen LogP contribution is 2.22. The molecule has 1 aliphatic rings. The number of rotatable bonds is 4. The Bertz CT molecular complexity index is 428. The average molecular weight is 250 g/mol. The van der Waals surface area contributed by atoms with Crippen LogP contribution in [0.2, 0.25) is 0 Å². The summed E-state index contributed by atoms with van der Waals surface area (Å²) in [5, 5.41) is 14.0. The summed E-state index contributed by atoms with van der Waals surface area (Å²) in [5.74, 6) is 0.633. The van der Waals surface area contributed by atoms with Gasteiger partial charge in [-0.2, -0.15) is 0 Å². The molecule has 1 aromatic carbocycles. The fourth-order valence-corrected chi connectivity index (χ4v) is 2.16. The van der Waals surface area contributed by atoms with E-state index in [0.717, 1.165) is 43.9 Å². The van der Waals surface area contributed by atoms with E-state index in [-0.39, 0.29) is 10.6 Å². The zero-order valence-electron chi connectivity index (χ0n) is 10.5. The van der Waals surface area contributed by atoms with Crippen LogP contribution in [0.4, 0.5) is 11.4 Å². The molecule has 0 saturated carbocycles. The largest absolute Gasteiger partial charge is 0.385 e. The van der Waals surface area contributed by atoms with Gasteiger partial charge in [-0.3, -0.25) is 10.1 Å². The molecule has 5 heteroatoms. The van der Waals surface area contributed by atoms with E-state index in [1.165, 1.54) is 0 Å². The number of benzene rings is 1. The smallest absolute Gasteiger partial charge is 0.269 e. The molecule has 1 heterocycles. The SMILES string of the molecule is Cc1cc([N+](=O)[O-])ccc1NCC1CCOCC1. The normalized spacial score (nSPS) is 16.5. The van der Waals surface area contributed by atoms with E-state index in [2.05, 4.69) is 5.32 Å². The number of non-ortho nitro benzene ring substituents is 1. The summed E-state index contributed by atoms with van der Waals surface area (Å²) in [6.45, 7) is 4.47. The molecule has 1 fully saturated rings. The van der Waals surface area contributed by atoms with Gasteiger partial charge in [0.2, 0.25) is 0 Å². The van der Waals surface area contributed by atoms with Crippen molar-refractivity contribution in [2.24, 2.45) is 5.92 Å². The van der Waals surface area contributed by atoms with Gasteiger partial charge in [0.1, 0.15) is 0 Å². The fraction of sp³-hybridized carbons (Fsp3) is 0.538. The van der Waals surface area contributed by atoms with Gasteiger partial charge in [0.15, 0.2) is 0 Å². The molecule has 0 atom stereocenters. The van der Waals surface area contributed by atoms with Gasteiger partial charge in [-0.15, -0.1) is 0 Å². The van der Waals surface area contributed by atoms with Crippen LogP contribution in [-0.4, -0.2) is 24.7 Å². The summed E-state index contributed by atoms with van der Waals surface area (Å²) in [6, 6.07) is 4.93. The summed E-state index contributed by atoms with van der Waals surface area (Å²) < 4.78 is 5.31. The quantitative estimate of drug-likeness (QED) is 0.659. The molecule has 1 aliphatic heterocycles. The van der Waals surface area contributed by atoms with Gasteiger partial charge in [-0.25, -0.2) is 0 Å². The Kier molecular flexibility index (Phi) is 4.15. The lowest BCUT2D eigenvalue weighted by atomic mass is 10.00. The van der Waals surface area contributed by atoms with E-state index in [0.29, 0.717) is 5.92 Å². The maximum atomic E-state index is 10.6. The maximum Gasteiger partial charge on any atom is 0.269 e. The topological polar surface area (TPSA) is 64.4 Å². The van der Waals surface area contributed by atoms with Crippen LogP contribution in [0.5, 0.6) is 0 Å². The average Bonchev–Trinajstić information content (AvgIpc) is 2.38. The highest BCUT2D eigenvalue weighted by molar-refractivity contribution is 5.55. The molecule has 1 saturated heterocycles. The highest BCUT2D eigenvalue weighted by atomic mass is 16.6.